The molecule has 166 valence electrons. The summed E-state index contributed by atoms with van der Waals surface area (Å²) in [5.74, 6) is 2.30. The molecule has 0 saturated carbocycles. The van der Waals surface area contributed by atoms with Crippen molar-refractivity contribution < 1.29 is 13.5 Å². The van der Waals surface area contributed by atoms with E-state index in [1.807, 2.05) is 59.3 Å². The predicted molar refractivity (Wildman–Crippen MR) is 126 cm³/mol. The number of hydrogen-bond donors (Lipinski definition) is 0. The SMILES string of the molecule is Cc1oc(-c2cccs2)nc1CSc1nnc(COc2ccccc2F)n1-c1ccccc1. The second kappa shape index (κ2) is 9.60. The van der Waals surface area contributed by atoms with Crippen LogP contribution < -0.4 is 4.74 Å². The maximum Gasteiger partial charge on any atom is 0.236 e. The van der Waals surface area contributed by atoms with Crippen LogP contribution in [0, 0.1) is 12.7 Å². The van der Waals surface area contributed by atoms with Crippen LogP contribution in [0.3, 0.4) is 0 Å². The lowest BCUT2D eigenvalue weighted by Gasteiger charge is -2.11. The molecule has 0 unspecified atom stereocenters. The molecule has 0 atom stereocenters. The van der Waals surface area contributed by atoms with Gasteiger partial charge in [0.25, 0.3) is 0 Å². The standard InChI is InChI=1S/C24H19FN4O2S2/c1-16-19(26-23(31-16)21-12-7-13-32-21)15-33-24-28-27-22(29(24)17-8-3-2-4-9-17)14-30-20-11-6-5-10-18(20)25/h2-13H,14-15H2,1H3. The molecule has 0 saturated heterocycles. The van der Waals surface area contributed by atoms with E-state index in [-0.39, 0.29) is 12.4 Å². The predicted octanol–water partition coefficient (Wildman–Crippen LogP) is 6.30. The Balaban J connectivity index is 1.39. The molecule has 9 heteroatoms. The molecule has 33 heavy (non-hydrogen) atoms. The molecule has 0 radical (unpaired) electrons. The fourth-order valence-corrected chi connectivity index (χ4v) is 4.85. The minimum absolute atomic E-state index is 0.0783. The van der Waals surface area contributed by atoms with E-state index in [2.05, 4.69) is 15.2 Å². The third-order valence-electron chi connectivity index (χ3n) is 4.87. The Bertz CT molecular complexity index is 1350. The highest BCUT2D eigenvalue weighted by Crippen LogP contribution is 2.30. The number of rotatable bonds is 8. The number of nitrogens with zero attached hydrogens (tertiary/aromatic N) is 4. The number of para-hydroxylation sites is 2. The lowest BCUT2D eigenvalue weighted by Crippen LogP contribution is -2.07. The summed E-state index contributed by atoms with van der Waals surface area (Å²) in [6, 6.07) is 20.0. The van der Waals surface area contributed by atoms with E-state index in [4.69, 9.17) is 9.15 Å². The number of ether oxygens (including phenoxy) is 1. The van der Waals surface area contributed by atoms with Crippen molar-refractivity contribution in [1.29, 1.82) is 0 Å². The van der Waals surface area contributed by atoms with E-state index < -0.39 is 5.82 Å². The average molecular weight is 479 g/mol. The van der Waals surface area contributed by atoms with Crippen LogP contribution in [0.2, 0.25) is 0 Å². The molecule has 0 fully saturated rings. The number of oxazole rings is 1. The lowest BCUT2D eigenvalue weighted by molar-refractivity contribution is 0.278. The van der Waals surface area contributed by atoms with Gasteiger partial charge in [-0.3, -0.25) is 4.57 Å². The molecule has 0 aliphatic carbocycles. The van der Waals surface area contributed by atoms with E-state index in [1.54, 1.807) is 29.5 Å². The third-order valence-corrected chi connectivity index (χ3v) is 6.67. The zero-order valence-electron chi connectivity index (χ0n) is 17.6. The van der Waals surface area contributed by atoms with Crippen molar-refractivity contribution >= 4 is 23.1 Å². The van der Waals surface area contributed by atoms with Gasteiger partial charge in [-0.2, -0.15) is 0 Å². The second-order valence-electron chi connectivity index (χ2n) is 7.08. The molecule has 6 nitrogen and oxygen atoms in total. The van der Waals surface area contributed by atoms with Crippen LogP contribution in [0.25, 0.3) is 16.5 Å². The summed E-state index contributed by atoms with van der Waals surface area (Å²) in [5, 5.41) is 11.4. The van der Waals surface area contributed by atoms with E-state index in [0.717, 1.165) is 22.0 Å². The number of thioether (sulfide) groups is 1. The van der Waals surface area contributed by atoms with Crippen molar-refractivity contribution in [2.24, 2.45) is 0 Å². The molecule has 0 spiro atoms. The highest BCUT2D eigenvalue weighted by molar-refractivity contribution is 7.98. The maximum atomic E-state index is 14.0. The monoisotopic (exact) mass is 478 g/mol. The van der Waals surface area contributed by atoms with Crippen LogP contribution in [0.15, 0.2) is 81.7 Å². The molecule has 3 aromatic heterocycles. The normalized spacial score (nSPS) is 11.1. The summed E-state index contributed by atoms with van der Waals surface area (Å²) in [6.45, 7) is 1.99. The second-order valence-corrected chi connectivity index (χ2v) is 8.97. The quantitative estimate of drug-likeness (QED) is 0.244. The van der Waals surface area contributed by atoms with Crippen molar-refractivity contribution in [3.8, 4) is 22.2 Å². The zero-order valence-corrected chi connectivity index (χ0v) is 19.3. The summed E-state index contributed by atoms with van der Waals surface area (Å²) >= 11 is 3.10. The Kier molecular flexibility index (Phi) is 6.23. The van der Waals surface area contributed by atoms with Gasteiger partial charge in [0.2, 0.25) is 5.89 Å². The minimum Gasteiger partial charge on any atom is -0.483 e. The molecule has 2 aromatic carbocycles. The number of halogens is 1. The highest BCUT2D eigenvalue weighted by atomic mass is 32.2. The van der Waals surface area contributed by atoms with Crippen LogP contribution in [-0.4, -0.2) is 19.7 Å². The fraction of sp³-hybridized carbons (Fsp3) is 0.125. The Hall–Kier alpha value is -3.43. The molecule has 0 amide bonds. The van der Waals surface area contributed by atoms with Gasteiger partial charge in [0.1, 0.15) is 12.4 Å². The third kappa shape index (κ3) is 4.69. The van der Waals surface area contributed by atoms with Gasteiger partial charge in [-0.1, -0.05) is 48.2 Å². The van der Waals surface area contributed by atoms with Crippen LogP contribution in [0.4, 0.5) is 4.39 Å². The Morgan fingerprint density at radius 1 is 1.03 bits per heavy atom. The van der Waals surface area contributed by atoms with Crippen LogP contribution in [0.5, 0.6) is 5.75 Å². The molecule has 0 aliphatic heterocycles. The van der Waals surface area contributed by atoms with Crippen molar-refractivity contribution in [2.75, 3.05) is 0 Å². The summed E-state index contributed by atoms with van der Waals surface area (Å²) in [4.78, 5) is 5.66. The van der Waals surface area contributed by atoms with Crippen molar-refractivity contribution in [3.63, 3.8) is 0 Å². The van der Waals surface area contributed by atoms with Gasteiger partial charge < -0.3 is 9.15 Å². The molecule has 0 N–H and O–H groups in total. The molecule has 5 aromatic rings. The van der Waals surface area contributed by atoms with E-state index >= 15 is 0 Å². The van der Waals surface area contributed by atoms with Gasteiger partial charge in [-0.05, 0) is 42.6 Å². The first-order valence-electron chi connectivity index (χ1n) is 10.2. The van der Waals surface area contributed by atoms with Gasteiger partial charge >= 0.3 is 0 Å². The first kappa shape index (κ1) is 21.4. The van der Waals surface area contributed by atoms with Crippen molar-refractivity contribution in [2.45, 2.75) is 24.4 Å². The van der Waals surface area contributed by atoms with Crippen molar-refractivity contribution in [3.05, 3.63) is 95.2 Å². The fourth-order valence-electron chi connectivity index (χ4n) is 3.23. The first-order valence-corrected chi connectivity index (χ1v) is 12.1. The molecule has 0 aliphatic rings. The highest BCUT2D eigenvalue weighted by Gasteiger charge is 2.18. The largest absolute Gasteiger partial charge is 0.483 e. The topological polar surface area (TPSA) is 66.0 Å². The van der Waals surface area contributed by atoms with E-state index in [9.17, 15) is 4.39 Å². The number of aromatic nitrogens is 4. The van der Waals surface area contributed by atoms with Gasteiger partial charge in [0, 0.05) is 11.4 Å². The Labute approximate surface area is 198 Å². The van der Waals surface area contributed by atoms with Gasteiger partial charge in [-0.25, -0.2) is 9.37 Å². The lowest BCUT2D eigenvalue weighted by atomic mass is 10.3. The van der Waals surface area contributed by atoms with Crippen LogP contribution in [0.1, 0.15) is 17.3 Å². The Morgan fingerprint density at radius 2 is 1.85 bits per heavy atom. The number of aryl methyl sites for hydroxylation is 1. The van der Waals surface area contributed by atoms with Gasteiger partial charge in [-0.15, -0.1) is 21.5 Å². The number of thiophene rings is 1. The zero-order chi connectivity index (χ0) is 22.6. The van der Waals surface area contributed by atoms with Crippen LogP contribution in [-0.2, 0) is 12.4 Å². The van der Waals surface area contributed by atoms with Gasteiger partial charge in [0.15, 0.2) is 22.5 Å². The van der Waals surface area contributed by atoms with Crippen LogP contribution >= 0.6 is 23.1 Å². The van der Waals surface area contributed by atoms with Gasteiger partial charge in [0.05, 0.1) is 10.6 Å². The summed E-state index contributed by atoms with van der Waals surface area (Å²) < 4.78 is 27.4. The Morgan fingerprint density at radius 3 is 2.64 bits per heavy atom. The molecule has 3 heterocycles. The summed E-state index contributed by atoms with van der Waals surface area (Å²) in [5.41, 5.74) is 1.75. The number of benzene rings is 2. The van der Waals surface area contributed by atoms with E-state index in [1.165, 1.54) is 17.8 Å². The van der Waals surface area contributed by atoms with E-state index in [0.29, 0.717) is 22.6 Å². The average Bonchev–Trinajstić information content (AvgIpc) is 3.58. The molecular weight excluding hydrogens is 459 g/mol. The maximum absolute atomic E-state index is 14.0. The smallest absolute Gasteiger partial charge is 0.236 e. The summed E-state index contributed by atoms with van der Waals surface area (Å²) in [7, 11) is 0. The minimum atomic E-state index is -0.416. The molecule has 0 bridgehead atoms. The number of hydrogen-bond acceptors (Lipinski definition) is 7. The molecule has 5 rings (SSSR count). The summed E-state index contributed by atoms with van der Waals surface area (Å²) in [6.07, 6.45) is 0. The van der Waals surface area contributed by atoms with Crippen molar-refractivity contribution in [1.82, 2.24) is 19.7 Å². The molecular formula is C24H19FN4O2S2. The first-order chi connectivity index (χ1) is 16.2.